The Kier molecular flexibility index (Phi) is 4.54. The quantitative estimate of drug-likeness (QED) is 0.857. The van der Waals surface area contributed by atoms with Gasteiger partial charge in [-0.2, -0.15) is 0 Å². The number of aryl methyl sites for hydroxylation is 1. The van der Waals surface area contributed by atoms with Crippen LogP contribution < -0.4 is 11.2 Å². The lowest BCUT2D eigenvalue weighted by atomic mass is 9.94. The molecular weight excluding hydrogens is 310 g/mol. The number of piperidine rings is 1. The van der Waals surface area contributed by atoms with Crippen molar-refractivity contribution >= 4 is 5.91 Å². The standard InChI is InChI=1S/C16H19N5O3/c1-11-7-21(16(24)19-15(11)23)9-14(22)20-6-2-3-12(8-20)13-4-5-17-10-18-13/h4-5,7,10,12H,2-3,6,8-9H2,1H3,(H,19,23,24)/t12-/m1/s1. The van der Waals surface area contributed by atoms with E-state index in [1.807, 2.05) is 6.07 Å². The molecule has 0 aliphatic carbocycles. The van der Waals surface area contributed by atoms with Gasteiger partial charge in [-0.25, -0.2) is 14.8 Å². The summed E-state index contributed by atoms with van der Waals surface area (Å²) >= 11 is 0. The summed E-state index contributed by atoms with van der Waals surface area (Å²) in [5.74, 6) is 0.0436. The summed E-state index contributed by atoms with van der Waals surface area (Å²) in [6, 6.07) is 1.87. The van der Waals surface area contributed by atoms with Gasteiger partial charge < -0.3 is 4.90 Å². The van der Waals surface area contributed by atoms with Crippen molar-refractivity contribution in [3.63, 3.8) is 0 Å². The Balaban J connectivity index is 1.72. The van der Waals surface area contributed by atoms with E-state index in [4.69, 9.17) is 0 Å². The van der Waals surface area contributed by atoms with Crippen LogP contribution in [0.3, 0.4) is 0 Å². The van der Waals surface area contributed by atoms with Crippen LogP contribution >= 0.6 is 0 Å². The second-order valence-electron chi connectivity index (χ2n) is 6.01. The van der Waals surface area contributed by atoms with Crippen molar-refractivity contribution in [3.8, 4) is 0 Å². The van der Waals surface area contributed by atoms with Crippen molar-refractivity contribution in [2.45, 2.75) is 32.2 Å². The highest BCUT2D eigenvalue weighted by Gasteiger charge is 2.25. The molecule has 8 nitrogen and oxygen atoms in total. The van der Waals surface area contributed by atoms with E-state index >= 15 is 0 Å². The summed E-state index contributed by atoms with van der Waals surface area (Å²) in [6.45, 7) is 2.77. The smallest absolute Gasteiger partial charge is 0.328 e. The molecule has 1 saturated heterocycles. The van der Waals surface area contributed by atoms with Crippen LogP contribution in [0.5, 0.6) is 0 Å². The van der Waals surface area contributed by atoms with Gasteiger partial charge in [0.05, 0.1) is 0 Å². The third kappa shape index (κ3) is 3.42. The molecule has 0 bridgehead atoms. The van der Waals surface area contributed by atoms with E-state index in [1.165, 1.54) is 17.1 Å². The molecule has 0 unspecified atom stereocenters. The molecule has 1 amide bonds. The Morgan fingerprint density at radius 3 is 3.00 bits per heavy atom. The lowest BCUT2D eigenvalue weighted by Crippen LogP contribution is -2.43. The number of carbonyl (C=O) groups excluding carboxylic acids is 1. The van der Waals surface area contributed by atoms with Crippen LogP contribution in [0.2, 0.25) is 0 Å². The fourth-order valence-corrected chi connectivity index (χ4v) is 2.97. The van der Waals surface area contributed by atoms with E-state index in [1.54, 1.807) is 18.0 Å². The Bertz CT molecular complexity index is 843. The zero-order valence-electron chi connectivity index (χ0n) is 13.4. The Hall–Kier alpha value is -2.77. The van der Waals surface area contributed by atoms with Gasteiger partial charge in [0, 0.05) is 42.7 Å². The number of aromatic nitrogens is 4. The first kappa shape index (κ1) is 16.1. The summed E-state index contributed by atoms with van der Waals surface area (Å²) in [5.41, 5.74) is 0.341. The Morgan fingerprint density at radius 1 is 1.42 bits per heavy atom. The number of likely N-dealkylation sites (tertiary alicyclic amines) is 1. The summed E-state index contributed by atoms with van der Waals surface area (Å²) in [5, 5.41) is 0. The van der Waals surface area contributed by atoms with Gasteiger partial charge in [0.15, 0.2) is 0 Å². The number of hydrogen-bond donors (Lipinski definition) is 1. The molecule has 3 rings (SSSR count). The summed E-state index contributed by atoms with van der Waals surface area (Å²) in [6.07, 6.45) is 6.49. The molecule has 2 aromatic rings. The summed E-state index contributed by atoms with van der Waals surface area (Å²) in [4.78, 5) is 47.9. The van der Waals surface area contributed by atoms with Gasteiger partial charge in [-0.3, -0.25) is 19.1 Å². The number of carbonyl (C=O) groups is 1. The van der Waals surface area contributed by atoms with Gasteiger partial charge in [-0.15, -0.1) is 0 Å². The first-order valence-electron chi connectivity index (χ1n) is 7.88. The number of rotatable bonds is 3. The number of nitrogens with zero attached hydrogens (tertiary/aromatic N) is 4. The van der Waals surface area contributed by atoms with Crippen molar-refractivity contribution in [1.82, 2.24) is 24.4 Å². The minimum atomic E-state index is -0.566. The SMILES string of the molecule is Cc1cn(CC(=O)N2CCC[C@@H](c3ccncn3)C2)c(=O)[nH]c1=O. The average molecular weight is 329 g/mol. The van der Waals surface area contributed by atoms with E-state index in [0.717, 1.165) is 18.5 Å². The fourth-order valence-electron chi connectivity index (χ4n) is 2.97. The molecule has 1 aliphatic rings. The van der Waals surface area contributed by atoms with Crippen LogP contribution in [0.25, 0.3) is 0 Å². The lowest BCUT2D eigenvalue weighted by Gasteiger charge is -2.32. The highest BCUT2D eigenvalue weighted by molar-refractivity contribution is 5.76. The molecule has 0 saturated carbocycles. The van der Waals surface area contributed by atoms with Crippen LogP contribution in [0.4, 0.5) is 0 Å². The normalized spacial score (nSPS) is 17.7. The van der Waals surface area contributed by atoms with Gasteiger partial charge in [-0.1, -0.05) is 0 Å². The molecule has 2 aromatic heterocycles. The van der Waals surface area contributed by atoms with Gasteiger partial charge in [-0.05, 0) is 25.8 Å². The zero-order valence-corrected chi connectivity index (χ0v) is 13.4. The van der Waals surface area contributed by atoms with E-state index in [-0.39, 0.29) is 18.4 Å². The van der Waals surface area contributed by atoms with Gasteiger partial charge in [0.1, 0.15) is 12.9 Å². The molecule has 24 heavy (non-hydrogen) atoms. The van der Waals surface area contributed by atoms with Crippen molar-refractivity contribution < 1.29 is 4.79 Å². The van der Waals surface area contributed by atoms with Crippen LogP contribution in [-0.4, -0.2) is 43.4 Å². The molecule has 8 heteroatoms. The second-order valence-corrected chi connectivity index (χ2v) is 6.01. The highest BCUT2D eigenvalue weighted by atomic mass is 16.2. The molecule has 0 radical (unpaired) electrons. The third-order valence-corrected chi connectivity index (χ3v) is 4.29. The Labute approximate surface area is 138 Å². The van der Waals surface area contributed by atoms with E-state index in [0.29, 0.717) is 18.7 Å². The van der Waals surface area contributed by atoms with Crippen LogP contribution in [0, 0.1) is 6.92 Å². The molecule has 0 spiro atoms. The van der Waals surface area contributed by atoms with Crippen LogP contribution in [-0.2, 0) is 11.3 Å². The first-order valence-corrected chi connectivity index (χ1v) is 7.88. The summed E-state index contributed by atoms with van der Waals surface area (Å²) < 4.78 is 1.24. The zero-order chi connectivity index (χ0) is 17.1. The molecule has 3 heterocycles. The molecular formula is C16H19N5O3. The second kappa shape index (κ2) is 6.77. The molecule has 0 aromatic carbocycles. The number of H-pyrrole nitrogens is 1. The largest absolute Gasteiger partial charge is 0.340 e. The maximum absolute atomic E-state index is 12.5. The number of aromatic amines is 1. The molecule has 1 N–H and O–H groups in total. The topological polar surface area (TPSA) is 101 Å². The van der Waals surface area contributed by atoms with Crippen molar-refractivity contribution in [1.29, 1.82) is 0 Å². The Morgan fingerprint density at radius 2 is 2.25 bits per heavy atom. The van der Waals surface area contributed by atoms with Crippen LogP contribution in [0.15, 0.2) is 34.4 Å². The van der Waals surface area contributed by atoms with Crippen LogP contribution in [0.1, 0.15) is 30.0 Å². The number of hydrogen-bond acceptors (Lipinski definition) is 5. The predicted molar refractivity (Wildman–Crippen MR) is 86.6 cm³/mol. The predicted octanol–water partition coefficient (Wildman–Crippen LogP) is 0.0412. The molecule has 126 valence electrons. The maximum Gasteiger partial charge on any atom is 0.328 e. The van der Waals surface area contributed by atoms with Gasteiger partial charge >= 0.3 is 5.69 Å². The lowest BCUT2D eigenvalue weighted by molar-refractivity contribution is -0.133. The molecule has 1 aliphatic heterocycles. The fraction of sp³-hybridized carbons (Fsp3) is 0.438. The minimum absolute atomic E-state index is 0.0764. The van der Waals surface area contributed by atoms with E-state index < -0.39 is 11.2 Å². The van der Waals surface area contributed by atoms with Crippen molar-refractivity contribution in [2.24, 2.45) is 0 Å². The maximum atomic E-state index is 12.5. The number of amides is 1. The molecule has 1 fully saturated rings. The number of nitrogens with one attached hydrogen (secondary N) is 1. The third-order valence-electron chi connectivity index (χ3n) is 4.29. The van der Waals surface area contributed by atoms with E-state index in [9.17, 15) is 14.4 Å². The summed E-state index contributed by atoms with van der Waals surface area (Å²) in [7, 11) is 0. The van der Waals surface area contributed by atoms with Crippen molar-refractivity contribution in [2.75, 3.05) is 13.1 Å². The average Bonchev–Trinajstić information content (AvgIpc) is 2.60. The first-order chi connectivity index (χ1) is 11.5. The molecule has 1 atom stereocenters. The van der Waals surface area contributed by atoms with Crippen molar-refractivity contribution in [3.05, 3.63) is 56.9 Å². The highest BCUT2D eigenvalue weighted by Crippen LogP contribution is 2.25. The van der Waals surface area contributed by atoms with Gasteiger partial charge in [0.2, 0.25) is 5.91 Å². The minimum Gasteiger partial charge on any atom is -0.340 e. The monoisotopic (exact) mass is 329 g/mol. The van der Waals surface area contributed by atoms with E-state index in [2.05, 4.69) is 15.0 Å². The van der Waals surface area contributed by atoms with Gasteiger partial charge in [0.25, 0.3) is 5.56 Å².